The normalized spacial score (nSPS) is 36.8. The number of hydrogen-bond donors (Lipinski definition) is 2. The van der Waals surface area contributed by atoms with Gasteiger partial charge in [0.15, 0.2) is 5.89 Å². The fraction of sp³-hybridized carbons (Fsp3) is 0.741. The van der Waals surface area contributed by atoms with Gasteiger partial charge in [0.05, 0.1) is 40.8 Å². The minimum atomic E-state index is -1.29. The summed E-state index contributed by atoms with van der Waals surface area (Å²) >= 11 is 6.59. The van der Waals surface area contributed by atoms with Crippen molar-refractivity contribution < 1.29 is 33.7 Å². The molecule has 0 bridgehead atoms. The van der Waals surface area contributed by atoms with Crippen LogP contribution in [0.3, 0.4) is 0 Å². The molecule has 8 nitrogen and oxygen atoms in total. The van der Waals surface area contributed by atoms with E-state index in [9.17, 15) is 19.8 Å². The van der Waals surface area contributed by atoms with Crippen LogP contribution in [0.1, 0.15) is 84.7 Å². The predicted octanol–water partition coefficient (Wildman–Crippen LogP) is 4.58. The lowest BCUT2D eigenvalue weighted by Gasteiger charge is -2.35. The molecule has 0 aliphatic carbocycles. The Kier molecular flexibility index (Phi) is 9.08. The Morgan fingerprint density at radius 3 is 2.58 bits per heavy atom. The van der Waals surface area contributed by atoms with Crippen molar-refractivity contribution in [3.8, 4) is 0 Å². The van der Waals surface area contributed by atoms with Gasteiger partial charge in [0.2, 0.25) is 0 Å². The van der Waals surface area contributed by atoms with E-state index in [0.717, 1.165) is 19.3 Å². The van der Waals surface area contributed by atoms with Crippen LogP contribution in [0.15, 0.2) is 15.7 Å². The third-order valence-electron chi connectivity index (χ3n) is 7.90. The number of nitrogens with zero attached hydrogens (tertiary/aromatic N) is 1. The van der Waals surface area contributed by atoms with Crippen LogP contribution in [0.2, 0.25) is 0 Å². The minimum absolute atomic E-state index is 0.0958. The number of halogens is 1. The van der Waals surface area contributed by atoms with Crippen LogP contribution in [-0.2, 0) is 19.1 Å². The SMILES string of the molecule is CC[C@H]1C(=O)C(C)(C)[C@@H](O)CC(=O)O[C@H](C(Cl)=Cc2coc(C)n2)CC2OC2(C)CCC[C@H](C)[C@@H]1O. The summed E-state index contributed by atoms with van der Waals surface area (Å²) in [6.45, 7) is 10.8. The van der Waals surface area contributed by atoms with Crippen molar-refractivity contribution in [3.05, 3.63) is 22.9 Å². The minimum Gasteiger partial charge on any atom is -0.456 e. The second kappa shape index (κ2) is 11.3. The number of rotatable bonds is 3. The lowest BCUT2D eigenvalue weighted by Crippen LogP contribution is -2.46. The zero-order valence-electron chi connectivity index (χ0n) is 22.1. The lowest BCUT2D eigenvalue weighted by atomic mass is 9.71. The van der Waals surface area contributed by atoms with Crippen LogP contribution < -0.4 is 0 Å². The van der Waals surface area contributed by atoms with E-state index in [1.165, 1.54) is 6.26 Å². The van der Waals surface area contributed by atoms with E-state index in [1.54, 1.807) is 26.8 Å². The van der Waals surface area contributed by atoms with Gasteiger partial charge in [-0.2, -0.15) is 0 Å². The highest BCUT2D eigenvalue weighted by atomic mass is 35.5. The maximum Gasteiger partial charge on any atom is 0.309 e. The number of epoxide rings is 1. The molecule has 2 aliphatic heterocycles. The van der Waals surface area contributed by atoms with E-state index in [1.807, 2.05) is 20.8 Å². The molecule has 7 atom stereocenters. The van der Waals surface area contributed by atoms with Gasteiger partial charge in [-0.1, -0.05) is 45.7 Å². The number of aliphatic hydroxyl groups excluding tert-OH is 2. The van der Waals surface area contributed by atoms with Gasteiger partial charge >= 0.3 is 5.97 Å². The summed E-state index contributed by atoms with van der Waals surface area (Å²) in [6, 6.07) is 0. The molecule has 2 fully saturated rings. The highest BCUT2D eigenvalue weighted by Crippen LogP contribution is 2.45. The average Bonchev–Trinajstić information content (AvgIpc) is 3.24. The van der Waals surface area contributed by atoms with Gasteiger partial charge in [0.25, 0.3) is 0 Å². The summed E-state index contributed by atoms with van der Waals surface area (Å²) in [7, 11) is 0. The number of ether oxygens (including phenoxy) is 2. The van der Waals surface area contributed by atoms with E-state index in [4.69, 9.17) is 25.5 Å². The lowest BCUT2D eigenvalue weighted by molar-refractivity contribution is -0.154. The number of Topliss-reactive ketones (excluding diaryl/α,β-unsaturated/α-hetero) is 1. The molecule has 1 aromatic heterocycles. The summed E-state index contributed by atoms with van der Waals surface area (Å²) < 4.78 is 17.0. The van der Waals surface area contributed by atoms with Crippen LogP contribution >= 0.6 is 11.6 Å². The summed E-state index contributed by atoms with van der Waals surface area (Å²) in [5.74, 6) is -1.18. The van der Waals surface area contributed by atoms with E-state index >= 15 is 0 Å². The number of aryl methyl sites for hydroxylation is 1. The number of oxazole rings is 1. The molecule has 2 unspecified atom stereocenters. The molecule has 0 spiro atoms. The zero-order valence-corrected chi connectivity index (χ0v) is 22.9. The molecule has 0 radical (unpaired) electrons. The van der Waals surface area contributed by atoms with Crippen molar-refractivity contribution in [3.63, 3.8) is 0 Å². The monoisotopic (exact) mass is 525 g/mol. The molecular formula is C27H40ClNO7. The fourth-order valence-corrected chi connectivity index (χ4v) is 5.33. The topological polar surface area (TPSA) is 122 Å². The molecular weight excluding hydrogens is 486 g/mol. The maximum absolute atomic E-state index is 13.4. The molecule has 9 heteroatoms. The van der Waals surface area contributed by atoms with Gasteiger partial charge in [-0.25, -0.2) is 4.98 Å². The summed E-state index contributed by atoms with van der Waals surface area (Å²) in [4.78, 5) is 30.6. The average molecular weight is 526 g/mol. The first kappa shape index (κ1) is 28.8. The van der Waals surface area contributed by atoms with E-state index in [2.05, 4.69) is 4.98 Å². The van der Waals surface area contributed by atoms with Crippen molar-refractivity contribution in [1.29, 1.82) is 0 Å². The number of fused-ring (bicyclic) bond motifs is 1. The van der Waals surface area contributed by atoms with Crippen molar-refractivity contribution >= 4 is 29.4 Å². The van der Waals surface area contributed by atoms with Gasteiger partial charge in [-0.15, -0.1) is 0 Å². The fourth-order valence-electron chi connectivity index (χ4n) is 5.09. The van der Waals surface area contributed by atoms with Gasteiger partial charge in [-0.3, -0.25) is 9.59 Å². The Labute approximate surface area is 218 Å². The molecule has 3 rings (SSSR count). The van der Waals surface area contributed by atoms with Gasteiger partial charge in [-0.05, 0) is 38.2 Å². The van der Waals surface area contributed by atoms with Crippen molar-refractivity contribution in [1.82, 2.24) is 4.98 Å². The number of esters is 1. The number of cyclic esters (lactones) is 1. The van der Waals surface area contributed by atoms with Gasteiger partial charge in [0, 0.05) is 19.3 Å². The number of hydrogen-bond acceptors (Lipinski definition) is 8. The Morgan fingerprint density at radius 2 is 1.97 bits per heavy atom. The van der Waals surface area contributed by atoms with E-state index in [0.29, 0.717) is 24.4 Å². The molecule has 2 N–H and O–H groups in total. The first-order chi connectivity index (χ1) is 16.8. The van der Waals surface area contributed by atoms with Crippen LogP contribution in [-0.4, -0.2) is 57.0 Å². The molecule has 0 aromatic carbocycles. The largest absolute Gasteiger partial charge is 0.456 e. The Bertz CT molecular complexity index is 973. The number of ketones is 1. The van der Waals surface area contributed by atoms with Gasteiger partial charge in [0.1, 0.15) is 23.8 Å². The van der Waals surface area contributed by atoms with E-state index < -0.39 is 35.6 Å². The maximum atomic E-state index is 13.4. The van der Waals surface area contributed by atoms with Crippen molar-refractivity contribution in [2.75, 3.05) is 0 Å². The van der Waals surface area contributed by atoms with Crippen LogP contribution in [0.25, 0.3) is 6.08 Å². The van der Waals surface area contributed by atoms with Crippen LogP contribution in [0.5, 0.6) is 0 Å². The molecule has 2 aliphatic rings. The van der Waals surface area contributed by atoms with Crippen molar-refractivity contribution in [2.24, 2.45) is 17.3 Å². The number of aromatic nitrogens is 1. The highest BCUT2D eigenvalue weighted by molar-refractivity contribution is 6.32. The molecule has 1 aromatic rings. The predicted molar refractivity (Wildman–Crippen MR) is 135 cm³/mol. The molecule has 3 heterocycles. The third-order valence-corrected chi connectivity index (χ3v) is 8.25. The third kappa shape index (κ3) is 6.57. The highest BCUT2D eigenvalue weighted by Gasteiger charge is 2.53. The van der Waals surface area contributed by atoms with Crippen LogP contribution in [0.4, 0.5) is 0 Å². The molecule has 36 heavy (non-hydrogen) atoms. The van der Waals surface area contributed by atoms with Crippen molar-refractivity contribution in [2.45, 2.75) is 110 Å². The Hall–Kier alpha value is -1.74. The zero-order chi connectivity index (χ0) is 26.8. The molecule has 2 saturated heterocycles. The van der Waals surface area contributed by atoms with E-state index in [-0.39, 0.29) is 34.9 Å². The summed E-state index contributed by atoms with van der Waals surface area (Å²) in [6.07, 6.45) is 2.72. The van der Waals surface area contributed by atoms with Crippen LogP contribution in [0, 0.1) is 24.2 Å². The smallest absolute Gasteiger partial charge is 0.309 e. The first-order valence-electron chi connectivity index (χ1n) is 12.9. The quantitative estimate of drug-likeness (QED) is 0.434. The number of carbonyl (C=O) groups excluding carboxylic acids is 2. The second-order valence-electron chi connectivity index (χ2n) is 11.1. The second-order valence-corrected chi connectivity index (χ2v) is 11.6. The molecule has 202 valence electrons. The summed E-state index contributed by atoms with van der Waals surface area (Å²) in [5, 5.41) is 22.2. The number of aliphatic hydroxyl groups is 2. The number of carbonyl (C=O) groups is 2. The Morgan fingerprint density at radius 1 is 1.28 bits per heavy atom. The Balaban J connectivity index is 1.87. The standard InChI is InChI=1S/C27H40ClNO7/c1-7-18-24(32)15(2)9-8-10-27(6)22(36-27)12-20(19(28)11-17-14-34-16(3)29-17)35-23(31)13-21(30)26(4,5)25(18)33/h11,14-15,18,20-22,24,30,32H,7-10,12-13H2,1-6H3/t15-,18+,20-,21-,22?,24-,27?/m0/s1. The summed E-state index contributed by atoms with van der Waals surface area (Å²) in [5.41, 5.74) is -1.12. The first-order valence-corrected chi connectivity index (χ1v) is 13.2. The molecule has 0 saturated carbocycles. The van der Waals surface area contributed by atoms with Gasteiger partial charge < -0.3 is 24.1 Å². The molecule has 0 amide bonds.